The Hall–Kier alpha value is -2.32. The zero-order valence-corrected chi connectivity index (χ0v) is 13.4. The van der Waals surface area contributed by atoms with E-state index in [0.717, 1.165) is 0 Å². The lowest BCUT2D eigenvalue weighted by Gasteiger charge is -2.16. The maximum atomic E-state index is 13.0. The quantitative estimate of drug-likeness (QED) is 0.836. The van der Waals surface area contributed by atoms with Crippen LogP contribution in [-0.2, 0) is 4.79 Å². The molecule has 0 aliphatic carbocycles. The molecule has 1 unspecified atom stereocenters. The molecule has 0 saturated carbocycles. The van der Waals surface area contributed by atoms with Gasteiger partial charge in [0.05, 0.1) is 4.47 Å². The smallest absolute Gasteiger partial charge is 0.265 e. The Kier molecular flexibility index (Phi) is 5.18. The minimum Gasteiger partial charge on any atom is -0.480 e. The van der Waals surface area contributed by atoms with Crippen molar-refractivity contribution < 1.29 is 13.9 Å². The third-order valence-corrected chi connectivity index (χ3v) is 3.48. The Morgan fingerprint density at radius 1 is 1.36 bits per heavy atom. The van der Waals surface area contributed by atoms with E-state index in [1.165, 1.54) is 18.2 Å². The Bertz CT molecular complexity index is 740. The molecular weight excluding hydrogens is 349 g/mol. The highest BCUT2D eigenvalue weighted by atomic mass is 79.9. The second-order valence-electron chi connectivity index (χ2n) is 4.55. The zero-order valence-electron chi connectivity index (χ0n) is 11.8. The maximum Gasteiger partial charge on any atom is 0.265 e. The fraction of sp³-hybridized carbons (Fsp3) is 0.118. The van der Waals surface area contributed by atoms with Gasteiger partial charge in [0.2, 0.25) is 0 Å². The van der Waals surface area contributed by atoms with E-state index in [1.54, 1.807) is 31.2 Å². The van der Waals surface area contributed by atoms with Gasteiger partial charge in [-0.1, -0.05) is 12.0 Å². The molecule has 0 spiro atoms. The molecule has 2 rings (SSSR count). The van der Waals surface area contributed by atoms with Crippen LogP contribution < -0.4 is 10.1 Å². The van der Waals surface area contributed by atoms with Crippen LogP contribution in [0.15, 0.2) is 46.9 Å². The van der Waals surface area contributed by atoms with Crippen molar-refractivity contribution in [2.24, 2.45) is 0 Å². The summed E-state index contributed by atoms with van der Waals surface area (Å²) in [7, 11) is 0. The lowest BCUT2D eigenvalue weighted by Crippen LogP contribution is -2.30. The third-order valence-electron chi connectivity index (χ3n) is 2.86. The molecule has 1 amide bonds. The van der Waals surface area contributed by atoms with Crippen LogP contribution in [-0.4, -0.2) is 12.0 Å². The van der Waals surface area contributed by atoms with Gasteiger partial charge in [-0.2, -0.15) is 0 Å². The van der Waals surface area contributed by atoms with Crippen molar-refractivity contribution >= 4 is 27.5 Å². The largest absolute Gasteiger partial charge is 0.480 e. The Morgan fingerprint density at radius 3 is 2.82 bits per heavy atom. The van der Waals surface area contributed by atoms with Gasteiger partial charge >= 0.3 is 0 Å². The number of carbonyl (C=O) groups excluding carboxylic acids is 1. The lowest BCUT2D eigenvalue weighted by molar-refractivity contribution is -0.122. The number of nitrogens with one attached hydrogen (secondary N) is 1. The number of anilines is 1. The maximum absolute atomic E-state index is 13.0. The van der Waals surface area contributed by atoms with E-state index in [1.807, 2.05) is 0 Å². The van der Waals surface area contributed by atoms with E-state index in [-0.39, 0.29) is 11.7 Å². The number of carbonyl (C=O) groups is 1. The first kappa shape index (κ1) is 16.1. The van der Waals surface area contributed by atoms with Crippen LogP contribution in [0.5, 0.6) is 5.75 Å². The van der Waals surface area contributed by atoms with Crippen molar-refractivity contribution in [3.8, 4) is 18.1 Å². The van der Waals surface area contributed by atoms with E-state index in [4.69, 9.17) is 11.2 Å². The van der Waals surface area contributed by atoms with Gasteiger partial charge in [-0.05, 0) is 59.3 Å². The average Bonchev–Trinajstić information content (AvgIpc) is 2.50. The second-order valence-corrected chi connectivity index (χ2v) is 5.40. The number of rotatable bonds is 4. The van der Waals surface area contributed by atoms with Gasteiger partial charge in [0.15, 0.2) is 6.10 Å². The number of halogens is 2. The van der Waals surface area contributed by atoms with Gasteiger partial charge in [0.1, 0.15) is 11.6 Å². The van der Waals surface area contributed by atoms with Crippen molar-refractivity contribution in [2.45, 2.75) is 13.0 Å². The molecule has 3 nitrogen and oxygen atoms in total. The van der Waals surface area contributed by atoms with Crippen LogP contribution in [0.25, 0.3) is 0 Å². The number of amides is 1. The molecular formula is C17H13BrFNO2. The first-order valence-corrected chi connectivity index (χ1v) is 7.28. The Labute approximate surface area is 136 Å². The van der Waals surface area contributed by atoms with E-state index in [9.17, 15) is 9.18 Å². The van der Waals surface area contributed by atoms with Gasteiger partial charge in [-0.25, -0.2) is 4.39 Å². The Morgan fingerprint density at radius 2 is 2.14 bits per heavy atom. The highest BCUT2D eigenvalue weighted by Crippen LogP contribution is 2.26. The normalized spacial score (nSPS) is 11.4. The van der Waals surface area contributed by atoms with Crippen molar-refractivity contribution in [1.29, 1.82) is 0 Å². The zero-order chi connectivity index (χ0) is 16.1. The van der Waals surface area contributed by atoms with Crippen LogP contribution in [0.4, 0.5) is 10.1 Å². The predicted octanol–water partition coefficient (Wildman–Crippen LogP) is 3.98. The molecule has 0 heterocycles. The second kappa shape index (κ2) is 7.10. The molecule has 112 valence electrons. The number of ether oxygens (including phenoxy) is 1. The highest BCUT2D eigenvalue weighted by molar-refractivity contribution is 9.10. The topological polar surface area (TPSA) is 38.3 Å². The van der Waals surface area contributed by atoms with Crippen LogP contribution in [0.2, 0.25) is 0 Å². The summed E-state index contributed by atoms with van der Waals surface area (Å²) in [4.78, 5) is 12.1. The van der Waals surface area contributed by atoms with Gasteiger partial charge in [0.25, 0.3) is 5.91 Å². The molecule has 0 aliphatic rings. The number of hydrogen-bond acceptors (Lipinski definition) is 2. The molecule has 0 radical (unpaired) electrons. The third kappa shape index (κ3) is 4.09. The molecule has 0 saturated heterocycles. The number of benzene rings is 2. The summed E-state index contributed by atoms with van der Waals surface area (Å²) in [5.74, 6) is 2.17. The molecule has 1 N–H and O–H groups in total. The van der Waals surface area contributed by atoms with Crippen molar-refractivity contribution in [1.82, 2.24) is 0 Å². The van der Waals surface area contributed by atoms with Crippen LogP contribution >= 0.6 is 15.9 Å². The SMILES string of the molecule is C#Cc1cccc(NC(=O)C(C)Oc2ccc(F)cc2Br)c1. The number of terminal acetylenes is 1. The van der Waals surface area contributed by atoms with E-state index in [2.05, 4.69) is 27.2 Å². The fourth-order valence-corrected chi connectivity index (χ4v) is 2.19. The first-order valence-electron chi connectivity index (χ1n) is 6.49. The standard InChI is InChI=1S/C17H13BrFNO2/c1-3-12-5-4-6-14(9-12)20-17(21)11(2)22-16-8-7-13(19)10-15(16)18/h1,4-11H,2H3,(H,20,21). The molecule has 0 bridgehead atoms. The summed E-state index contributed by atoms with van der Waals surface area (Å²) in [5, 5.41) is 2.72. The summed E-state index contributed by atoms with van der Waals surface area (Å²) < 4.78 is 19.0. The lowest BCUT2D eigenvalue weighted by atomic mass is 10.2. The van der Waals surface area contributed by atoms with Crippen molar-refractivity contribution in [3.05, 3.63) is 58.3 Å². The van der Waals surface area contributed by atoms with Gasteiger partial charge in [-0.3, -0.25) is 4.79 Å². The molecule has 22 heavy (non-hydrogen) atoms. The van der Waals surface area contributed by atoms with E-state index < -0.39 is 6.10 Å². The molecule has 0 fully saturated rings. The molecule has 2 aromatic rings. The summed E-state index contributed by atoms with van der Waals surface area (Å²) >= 11 is 3.19. The predicted molar refractivity (Wildman–Crippen MR) is 87.2 cm³/mol. The van der Waals surface area contributed by atoms with Gasteiger partial charge < -0.3 is 10.1 Å². The minimum absolute atomic E-state index is 0.328. The fourth-order valence-electron chi connectivity index (χ4n) is 1.75. The summed E-state index contributed by atoms with van der Waals surface area (Å²) in [5.41, 5.74) is 1.27. The van der Waals surface area contributed by atoms with Crippen LogP contribution in [0.1, 0.15) is 12.5 Å². The van der Waals surface area contributed by atoms with Crippen LogP contribution in [0, 0.1) is 18.2 Å². The number of hydrogen-bond donors (Lipinski definition) is 1. The monoisotopic (exact) mass is 361 g/mol. The van der Waals surface area contributed by atoms with Crippen LogP contribution in [0.3, 0.4) is 0 Å². The van der Waals surface area contributed by atoms with E-state index >= 15 is 0 Å². The average molecular weight is 362 g/mol. The Balaban J connectivity index is 2.04. The van der Waals surface area contributed by atoms with E-state index in [0.29, 0.717) is 21.5 Å². The highest BCUT2D eigenvalue weighted by Gasteiger charge is 2.16. The molecule has 0 aromatic heterocycles. The molecule has 5 heteroatoms. The minimum atomic E-state index is -0.753. The van der Waals surface area contributed by atoms with Crippen molar-refractivity contribution in [2.75, 3.05) is 5.32 Å². The molecule has 0 aliphatic heterocycles. The summed E-state index contributed by atoms with van der Waals surface area (Å²) in [6.45, 7) is 1.61. The molecule has 1 atom stereocenters. The summed E-state index contributed by atoms with van der Waals surface area (Å²) in [6, 6.07) is 11.0. The summed E-state index contributed by atoms with van der Waals surface area (Å²) in [6.07, 6.45) is 4.56. The first-order chi connectivity index (χ1) is 10.5. The van der Waals surface area contributed by atoms with Gasteiger partial charge in [-0.15, -0.1) is 6.42 Å². The molecule has 2 aromatic carbocycles. The van der Waals surface area contributed by atoms with Crippen molar-refractivity contribution in [3.63, 3.8) is 0 Å². The van der Waals surface area contributed by atoms with Gasteiger partial charge in [0, 0.05) is 11.3 Å².